The molecule has 4 aliphatic carbocycles. The van der Waals surface area contributed by atoms with Crippen LogP contribution in [0.25, 0.3) is 0 Å². The van der Waals surface area contributed by atoms with Gasteiger partial charge in [0.1, 0.15) is 23.4 Å². The first-order chi connectivity index (χ1) is 13.5. The van der Waals surface area contributed by atoms with Gasteiger partial charge >= 0.3 is 5.97 Å². The number of ether oxygens (including phenoxy) is 3. The van der Waals surface area contributed by atoms with Crippen molar-refractivity contribution in [2.75, 3.05) is 0 Å². The quantitative estimate of drug-likeness (QED) is 0.514. The van der Waals surface area contributed by atoms with Gasteiger partial charge in [0.25, 0.3) is 0 Å². The van der Waals surface area contributed by atoms with Crippen LogP contribution in [0.5, 0.6) is 0 Å². The Morgan fingerprint density at radius 1 is 1.10 bits per heavy atom. The normalized spacial score (nSPS) is 64.5. The van der Waals surface area contributed by atoms with Crippen LogP contribution in [-0.2, 0) is 19.0 Å². The van der Waals surface area contributed by atoms with Gasteiger partial charge in [-0.2, -0.15) is 0 Å². The third-order valence-corrected chi connectivity index (χ3v) is 10.6. The first kappa shape index (κ1) is 19.0. The Hall–Kier alpha value is -0.690. The summed E-state index contributed by atoms with van der Waals surface area (Å²) in [5, 5.41) is 22.8. The predicted molar refractivity (Wildman–Crippen MR) is 103 cm³/mol. The molecule has 4 saturated carbocycles. The Morgan fingerprint density at radius 2 is 1.86 bits per heavy atom. The summed E-state index contributed by atoms with van der Waals surface area (Å²) in [6, 6.07) is 0. The number of carbonyl (C=O) groups is 1. The van der Waals surface area contributed by atoms with Gasteiger partial charge in [-0.05, 0) is 63.2 Å². The fourth-order valence-electron chi connectivity index (χ4n) is 9.58. The van der Waals surface area contributed by atoms with E-state index in [9.17, 15) is 15.0 Å². The lowest BCUT2D eigenvalue weighted by atomic mass is 9.37. The van der Waals surface area contributed by atoms with Crippen molar-refractivity contribution < 1.29 is 29.2 Å². The van der Waals surface area contributed by atoms with E-state index in [2.05, 4.69) is 13.8 Å². The smallest absolute Gasteiger partial charge is 0.303 e. The molecule has 0 radical (unpaired) electrons. The Bertz CT molecular complexity index is 785. The lowest BCUT2D eigenvalue weighted by Crippen LogP contribution is -2.90. The average Bonchev–Trinajstić information content (AvgIpc) is 2.89. The van der Waals surface area contributed by atoms with E-state index in [1.165, 1.54) is 6.92 Å². The zero-order valence-corrected chi connectivity index (χ0v) is 17.9. The fraction of sp³-hybridized carbons (Fsp3) is 0.957. The Kier molecular flexibility index (Phi) is 3.41. The molecule has 0 aromatic heterocycles. The lowest BCUT2D eigenvalue weighted by molar-refractivity contribution is -0.521. The number of aliphatic hydroxyl groups is 2. The van der Waals surface area contributed by atoms with Crippen LogP contribution in [0.3, 0.4) is 0 Å². The maximum absolute atomic E-state index is 12.4. The third-order valence-electron chi connectivity index (χ3n) is 10.6. The van der Waals surface area contributed by atoms with Crippen LogP contribution >= 0.6 is 0 Å². The van der Waals surface area contributed by atoms with Crippen LogP contribution in [-0.4, -0.2) is 51.5 Å². The van der Waals surface area contributed by atoms with Gasteiger partial charge in [0.2, 0.25) is 0 Å². The number of fused-ring (bicyclic) bond motifs is 1. The summed E-state index contributed by atoms with van der Waals surface area (Å²) in [5.41, 5.74) is -2.38. The molecule has 7 fully saturated rings. The predicted octanol–water partition coefficient (Wildman–Crippen LogP) is 2.54. The van der Waals surface area contributed by atoms with Gasteiger partial charge in [0.05, 0.1) is 6.10 Å². The third kappa shape index (κ3) is 1.81. The van der Waals surface area contributed by atoms with Crippen LogP contribution in [0.1, 0.15) is 72.6 Å². The molecule has 11 unspecified atom stereocenters. The van der Waals surface area contributed by atoms with E-state index in [0.717, 1.165) is 38.5 Å². The fourth-order valence-corrected chi connectivity index (χ4v) is 9.58. The van der Waals surface area contributed by atoms with E-state index in [0.29, 0.717) is 12.3 Å². The highest BCUT2D eigenvalue weighted by Gasteiger charge is 2.89. The molecule has 0 amide bonds. The molecule has 0 aromatic carbocycles. The molecule has 7 rings (SSSR count). The van der Waals surface area contributed by atoms with E-state index in [1.807, 2.05) is 6.92 Å². The average molecular weight is 407 g/mol. The first-order valence-electron chi connectivity index (χ1n) is 11.5. The Balaban J connectivity index is 1.57. The van der Waals surface area contributed by atoms with Gasteiger partial charge < -0.3 is 24.4 Å². The largest absolute Gasteiger partial charge is 0.459 e. The number of carbonyl (C=O) groups excluding carboxylic acids is 1. The second kappa shape index (κ2) is 5.20. The number of esters is 1. The van der Waals surface area contributed by atoms with E-state index in [4.69, 9.17) is 14.2 Å². The van der Waals surface area contributed by atoms with Gasteiger partial charge in [0.15, 0.2) is 5.79 Å². The summed E-state index contributed by atoms with van der Waals surface area (Å²) < 4.78 is 19.6. The molecule has 3 heterocycles. The second-order valence-electron chi connectivity index (χ2n) is 11.5. The summed E-state index contributed by atoms with van der Waals surface area (Å²) in [4.78, 5) is 12.1. The first-order valence-corrected chi connectivity index (χ1v) is 11.5. The van der Waals surface area contributed by atoms with Crippen LogP contribution in [0.4, 0.5) is 0 Å². The zero-order valence-electron chi connectivity index (χ0n) is 17.9. The van der Waals surface area contributed by atoms with Crippen molar-refractivity contribution in [3.8, 4) is 0 Å². The minimum Gasteiger partial charge on any atom is -0.459 e. The van der Waals surface area contributed by atoms with Crippen LogP contribution in [0, 0.1) is 28.6 Å². The molecule has 29 heavy (non-hydrogen) atoms. The second-order valence-corrected chi connectivity index (χ2v) is 11.5. The molecule has 3 aliphatic heterocycles. The molecule has 6 heteroatoms. The minimum absolute atomic E-state index is 0.00545. The molecular weight excluding hydrogens is 372 g/mol. The molecule has 2 N–H and O–H groups in total. The highest BCUT2D eigenvalue weighted by molar-refractivity contribution is 5.66. The molecule has 7 aliphatic rings. The molecule has 3 saturated heterocycles. The Morgan fingerprint density at radius 3 is 2.59 bits per heavy atom. The number of hydrogen-bond acceptors (Lipinski definition) is 6. The molecule has 6 nitrogen and oxygen atoms in total. The van der Waals surface area contributed by atoms with E-state index in [-0.39, 0.29) is 35.4 Å². The molecule has 1 spiro atoms. The molecule has 162 valence electrons. The molecule has 11 atom stereocenters. The molecule has 0 aromatic rings. The van der Waals surface area contributed by atoms with Crippen molar-refractivity contribution in [2.45, 2.75) is 108 Å². The van der Waals surface area contributed by atoms with Crippen molar-refractivity contribution in [2.24, 2.45) is 28.6 Å². The minimum atomic E-state index is -1.03. The van der Waals surface area contributed by atoms with Crippen molar-refractivity contribution in [3.05, 3.63) is 0 Å². The maximum Gasteiger partial charge on any atom is 0.303 e. The van der Waals surface area contributed by atoms with Gasteiger partial charge in [-0.25, -0.2) is 0 Å². The van der Waals surface area contributed by atoms with Crippen LogP contribution < -0.4 is 0 Å². The summed E-state index contributed by atoms with van der Waals surface area (Å²) in [5.74, 6) is -0.730. The zero-order chi connectivity index (χ0) is 20.6. The van der Waals surface area contributed by atoms with E-state index >= 15 is 0 Å². The highest BCUT2D eigenvalue weighted by atomic mass is 16.7. The summed E-state index contributed by atoms with van der Waals surface area (Å²) in [7, 11) is 0. The van der Waals surface area contributed by atoms with Gasteiger partial charge in [-0.3, -0.25) is 4.79 Å². The summed E-state index contributed by atoms with van der Waals surface area (Å²) in [6.45, 7) is 7.91. The lowest BCUT2D eigenvalue weighted by Gasteiger charge is -2.79. The Labute approximate surface area is 172 Å². The maximum atomic E-state index is 12.4. The molecule has 6 bridgehead atoms. The topological polar surface area (TPSA) is 85.2 Å². The summed E-state index contributed by atoms with van der Waals surface area (Å²) >= 11 is 0. The number of hydrogen-bond donors (Lipinski definition) is 2. The van der Waals surface area contributed by atoms with Crippen molar-refractivity contribution in [1.29, 1.82) is 0 Å². The SMILES string of the molecule is CC(=O)OC1C2OC3(C)OC4(CCC5CC(O)CCC5(C)C24)C2(O)CCC3C12C. The standard InChI is InChI=1S/C23H34O6/c1-12(24)27-18-16-17-19(2)8-6-14(25)11-13(19)5-9-22(17)23(26)10-7-15(20(18,23)3)21(4,28-16)29-22/h13-18,25-26H,5-11H2,1-4H3. The van der Waals surface area contributed by atoms with Gasteiger partial charge in [-0.1, -0.05) is 13.8 Å². The van der Waals surface area contributed by atoms with Crippen LogP contribution in [0.2, 0.25) is 0 Å². The van der Waals surface area contributed by atoms with E-state index in [1.54, 1.807) is 0 Å². The van der Waals surface area contributed by atoms with Crippen molar-refractivity contribution in [1.82, 2.24) is 0 Å². The van der Waals surface area contributed by atoms with Crippen LogP contribution in [0.15, 0.2) is 0 Å². The molecular formula is C23H34O6. The monoisotopic (exact) mass is 406 g/mol. The summed E-state index contributed by atoms with van der Waals surface area (Å²) in [6.07, 6.45) is 4.67. The number of aliphatic hydroxyl groups excluding tert-OH is 1. The van der Waals surface area contributed by atoms with E-state index < -0.39 is 28.5 Å². The van der Waals surface area contributed by atoms with Gasteiger partial charge in [-0.15, -0.1) is 0 Å². The van der Waals surface area contributed by atoms with Crippen molar-refractivity contribution >= 4 is 5.97 Å². The number of rotatable bonds is 1. The highest BCUT2D eigenvalue weighted by Crippen LogP contribution is 2.79. The van der Waals surface area contributed by atoms with Crippen molar-refractivity contribution in [3.63, 3.8) is 0 Å². The van der Waals surface area contributed by atoms with Gasteiger partial charge in [0, 0.05) is 24.2 Å².